The van der Waals surface area contributed by atoms with Gasteiger partial charge in [-0.1, -0.05) is 44.2 Å². The highest BCUT2D eigenvalue weighted by atomic mass is 32.2. The Balaban J connectivity index is 1.95. The van der Waals surface area contributed by atoms with Crippen LogP contribution in [-0.2, 0) is 11.8 Å². The van der Waals surface area contributed by atoms with Crippen LogP contribution in [0.3, 0.4) is 0 Å². The van der Waals surface area contributed by atoms with E-state index in [4.69, 9.17) is 4.74 Å². The summed E-state index contributed by atoms with van der Waals surface area (Å²) in [7, 11) is 1.83. The zero-order valence-electron chi connectivity index (χ0n) is 15.9. The Kier molecular flexibility index (Phi) is 6.21. The molecule has 0 saturated carbocycles. The van der Waals surface area contributed by atoms with Gasteiger partial charge in [-0.25, -0.2) is 0 Å². The Morgan fingerprint density at radius 1 is 1.26 bits per heavy atom. The average Bonchev–Trinajstić information content (AvgIpc) is 2.66. The van der Waals surface area contributed by atoms with E-state index < -0.39 is 0 Å². The van der Waals surface area contributed by atoms with Gasteiger partial charge in [-0.2, -0.15) is 4.98 Å². The number of rotatable bonds is 7. The highest BCUT2D eigenvalue weighted by molar-refractivity contribution is 7.99. The van der Waals surface area contributed by atoms with Crippen LogP contribution in [0.1, 0.15) is 50.2 Å². The second kappa shape index (κ2) is 8.61. The van der Waals surface area contributed by atoms with Gasteiger partial charge in [0.1, 0.15) is 11.6 Å². The number of benzene rings is 1. The van der Waals surface area contributed by atoms with Crippen molar-refractivity contribution in [2.45, 2.75) is 44.2 Å². The molecular weight excluding hydrogens is 362 g/mol. The highest BCUT2D eigenvalue weighted by Gasteiger charge is 2.32. The number of hydrogen-bond acceptors (Lipinski definition) is 5. The standard InChI is InChI=1S/C20H25N3O3S/c1-4-6-11-26-14-9-7-13(8-10-14)15-12-16(24)21-18-17(15)19(25)22-20(23(18)3)27-5-2/h7-10,15H,4-6,11-12H2,1-3H3,(H,21,24)/t15-/m0/s1. The molecule has 0 aliphatic carbocycles. The van der Waals surface area contributed by atoms with Crippen molar-refractivity contribution in [3.63, 3.8) is 0 Å². The monoisotopic (exact) mass is 387 g/mol. The number of nitrogens with one attached hydrogen (secondary N) is 1. The topological polar surface area (TPSA) is 73.2 Å². The van der Waals surface area contributed by atoms with Gasteiger partial charge in [0.05, 0.1) is 12.2 Å². The van der Waals surface area contributed by atoms with Gasteiger partial charge in [0.2, 0.25) is 5.91 Å². The quantitative estimate of drug-likeness (QED) is 0.447. The maximum atomic E-state index is 12.7. The van der Waals surface area contributed by atoms with E-state index in [2.05, 4.69) is 17.2 Å². The van der Waals surface area contributed by atoms with E-state index in [1.807, 2.05) is 38.2 Å². The number of carbonyl (C=O) groups is 1. The second-order valence-corrected chi connectivity index (χ2v) is 7.76. The lowest BCUT2D eigenvalue weighted by atomic mass is 9.87. The van der Waals surface area contributed by atoms with E-state index in [9.17, 15) is 9.59 Å². The first-order chi connectivity index (χ1) is 13.0. The zero-order valence-corrected chi connectivity index (χ0v) is 16.8. The van der Waals surface area contributed by atoms with E-state index in [0.717, 1.165) is 29.9 Å². The lowest BCUT2D eigenvalue weighted by Crippen LogP contribution is -2.33. The fraction of sp³-hybridized carbons (Fsp3) is 0.450. The number of unbranched alkanes of at least 4 members (excludes halogenated alkanes) is 1. The largest absolute Gasteiger partial charge is 0.494 e. The molecule has 0 fully saturated rings. The molecule has 7 heteroatoms. The number of amides is 1. The van der Waals surface area contributed by atoms with Crippen LogP contribution in [0.5, 0.6) is 5.75 Å². The van der Waals surface area contributed by atoms with Gasteiger partial charge in [-0.15, -0.1) is 0 Å². The maximum absolute atomic E-state index is 12.7. The molecule has 0 radical (unpaired) electrons. The first-order valence-corrected chi connectivity index (χ1v) is 10.3. The predicted octanol–water partition coefficient (Wildman–Crippen LogP) is 3.55. The van der Waals surface area contributed by atoms with E-state index in [1.54, 1.807) is 4.57 Å². The molecule has 1 amide bonds. The Labute approximate surface area is 163 Å². The third-order valence-electron chi connectivity index (χ3n) is 4.62. The summed E-state index contributed by atoms with van der Waals surface area (Å²) in [6, 6.07) is 7.66. The molecule has 144 valence electrons. The molecule has 0 spiro atoms. The number of fused-ring (bicyclic) bond motifs is 1. The van der Waals surface area contributed by atoms with Crippen molar-refractivity contribution in [1.29, 1.82) is 0 Å². The van der Waals surface area contributed by atoms with Crippen LogP contribution < -0.4 is 15.6 Å². The summed E-state index contributed by atoms with van der Waals surface area (Å²) in [4.78, 5) is 29.3. The molecule has 1 aliphatic heterocycles. The molecule has 1 atom stereocenters. The summed E-state index contributed by atoms with van der Waals surface area (Å²) in [5.41, 5.74) is 1.20. The molecule has 27 heavy (non-hydrogen) atoms. The van der Waals surface area contributed by atoms with Crippen molar-refractivity contribution in [2.24, 2.45) is 7.05 Å². The normalized spacial score (nSPS) is 16.0. The fourth-order valence-electron chi connectivity index (χ4n) is 3.21. The zero-order chi connectivity index (χ0) is 19.4. The van der Waals surface area contributed by atoms with Crippen molar-refractivity contribution < 1.29 is 9.53 Å². The molecule has 2 heterocycles. The minimum Gasteiger partial charge on any atom is -0.494 e. The third-order valence-corrected chi connectivity index (χ3v) is 5.54. The number of hydrogen-bond donors (Lipinski definition) is 1. The number of anilines is 1. The Hall–Kier alpha value is -2.28. The summed E-state index contributed by atoms with van der Waals surface area (Å²) in [5, 5.41) is 3.47. The van der Waals surface area contributed by atoms with E-state index >= 15 is 0 Å². The van der Waals surface area contributed by atoms with Crippen molar-refractivity contribution >= 4 is 23.5 Å². The smallest absolute Gasteiger partial charge is 0.279 e. The lowest BCUT2D eigenvalue weighted by Gasteiger charge is -2.27. The van der Waals surface area contributed by atoms with Crippen LogP contribution >= 0.6 is 11.8 Å². The summed E-state index contributed by atoms with van der Waals surface area (Å²) in [5.74, 6) is 1.76. The molecule has 0 unspecified atom stereocenters. The molecule has 2 aromatic rings. The van der Waals surface area contributed by atoms with Crippen LogP contribution in [-0.4, -0.2) is 27.8 Å². The molecule has 3 rings (SSSR count). The summed E-state index contributed by atoms with van der Waals surface area (Å²) in [6.07, 6.45) is 2.33. The SMILES string of the molecule is CCCCOc1ccc([C@@H]2CC(=O)Nc3c2c(=O)nc(SCC)n3C)cc1. The molecule has 6 nitrogen and oxygen atoms in total. The van der Waals surface area contributed by atoms with Crippen LogP contribution in [0.15, 0.2) is 34.2 Å². The molecule has 1 N–H and O–H groups in total. The van der Waals surface area contributed by atoms with Crippen molar-refractivity contribution in [3.05, 3.63) is 45.7 Å². The minimum atomic E-state index is -0.301. The van der Waals surface area contributed by atoms with E-state index in [0.29, 0.717) is 23.1 Å². The van der Waals surface area contributed by atoms with Gasteiger partial charge in [0, 0.05) is 19.4 Å². The van der Waals surface area contributed by atoms with Gasteiger partial charge < -0.3 is 14.6 Å². The van der Waals surface area contributed by atoms with E-state index in [-0.39, 0.29) is 23.8 Å². The van der Waals surface area contributed by atoms with Crippen molar-refractivity contribution in [2.75, 3.05) is 17.7 Å². The summed E-state index contributed by atoms with van der Waals surface area (Å²) < 4.78 is 7.51. The van der Waals surface area contributed by atoms with Gasteiger partial charge in [0.25, 0.3) is 5.56 Å². The van der Waals surface area contributed by atoms with Gasteiger partial charge in [0.15, 0.2) is 5.16 Å². The number of nitrogens with zero attached hydrogens (tertiary/aromatic N) is 2. The van der Waals surface area contributed by atoms with Gasteiger partial charge >= 0.3 is 0 Å². The summed E-state index contributed by atoms with van der Waals surface area (Å²) in [6.45, 7) is 4.81. The summed E-state index contributed by atoms with van der Waals surface area (Å²) >= 11 is 1.48. The lowest BCUT2D eigenvalue weighted by molar-refractivity contribution is -0.116. The number of aromatic nitrogens is 2. The molecule has 1 aliphatic rings. The number of thioether (sulfide) groups is 1. The first kappa shape index (κ1) is 19.5. The molecule has 1 aromatic carbocycles. The number of ether oxygens (including phenoxy) is 1. The van der Waals surface area contributed by atoms with E-state index in [1.165, 1.54) is 11.8 Å². The number of carbonyl (C=O) groups excluding carboxylic acids is 1. The second-order valence-electron chi connectivity index (χ2n) is 6.53. The maximum Gasteiger partial charge on any atom is 0.279 e. The Morgan fingerprint density at radius 2 is 2.00 bits per heavy atom. The van der Waals surface area contributed by atoms with Crippen LogP contribution in [0.25, 0.3) is 0 Å². The Bertz CT molecular complexity index is 877. The van der Waals surface area contributed by atoms with Crippen molar-refractivity contribution in [1.82, 2.24) is 9.55 Å². The molecule has 1 aromatic heterocycles. The predicted molar refractivity (Wildman–Crippen MR) is 108 cm³/mol. The average molecular weight is 388 g/mol. The highest BCUT2D eigenvalue weighted by Crippen LogP contribution is 2.36. The molecular formula is C20H25N3O3S. The van der Waals surface area contributed by atoms with Gasteiger partial charge in [-0.3, -0.25) is 9.59 Å². The van der Waals surface area contributed by atoms with Gasteiger partial charge in [-0.05, 0) is 29.9 Å². The van der Waals surface area contributed by atoms with Crippen LogP contribution in [0, 0.1) is 0 Å². The minimum absolute atomic E-state index is 0.0931. The fourth-order valence-corrected chi connectivity index (χ4v) is 3.90. The molecule has 0 bridgehead atoms. The first-order valence-electron chi connectivity index (χ1n) is 9.31. The third kappa shape index (κ3) is 4.18. The van der Waals surface area contributed by atoms with Crippen LogP contribution in [0.4, 0.5) is 5.82 Å². The van der Waals surface area contributed by atoms with Crippen LogP contribution in [0.2, 0.25) is 0 Å². The Morgan fingerprint density at radius 3 is 2.67 bits per heavy atom. The van der Waals surface area contributed by atoms with Crippen molar-refractivity contribution in [3.8, 4) is 5.75 Å². The molecule has 0 saturated heterocycles.